The molecule has 2 aromatic heterocycles. The van der Waals surface area contributed by atoms with Crippen LogP contribution in [0.4, 0.5) is 5.95 Å². The zero-order valence-corrected chi connectivity index (χ0v) is 19.7. The highest BCUT2D eigenvalue weighted by Crippen LogP contribution is 2.40. The number of aliphatic hydroxyl groups excluding tert-OH is 1. The molecule has 164 valence electrons. The van der Waals surface area contributed by atoms with Crippen molar-refractivity contribution in [2.24, 2.45) is 0 Å². The minimum atomic E-state index is -0.0304. The molecule has 0 fully saturated rings. The van der Waals surface area contributed by atoms with Gasteiger partial charge in [-0.05, 0) is 36.8 Å². The molecule has 0 aliphatic rings. The van der Waals surface area contributed by atoms with Gasteiger partial charge in [-0.15, -0.1) is 0 Å². The predicted molar refractivity (Wildman–Crippen MR) is 130 cm³/mol. The highest BCUT2D eigenvalue weighted by molar-refractivity contribution is 9.10. The molecule has 0 spiro atoms. The third-order valence-electron chi connectivity index (χ3n) is 4.60. The second kappa shape index (κ2) is 9.87. The maximum absolute atomic E-state index is 9.79. The summed E-state index contributed by atoms with van der Waals surface area (Å²) in [4.78, 5) is 16.9. The maximum Gasteiger partial charge on any atom is 0.223 e. The Hall–Kier alpha value is -2.65. The van der Waals surface area contributed by atoms with E-state index in [0.717, 1.165) is 10.0 Å². The van der Waals surface area contributed by atoms with Crippen LogP contribution in [0.15, 0.2) is 53.1 Å². The topological polar surface area (TPSA) is 107 Å². The first kappa shape index (κ1) is 22.5. The van der Waals surface area contributed by atoms with Crippen LogP contribution in [0.2, 0.25) is 10.0 Å². The number of hydrogen-bond donors (Lipinski definition) is 4. The number of phenols is 1. The molecule has 2 heterocycles. The molecule has 0 radical (unpaired) electrons. The standard InChI is InChI=1S/C22H18BrCl2N5O2/c23-13-4-1-3-12(9-13)19-20(17-5-7-27-22(28-17)26-6-2-8-31)30-21(29-19)18-15(24)10-14(32)11-16(18)25/h1,3-5,7,9-11,31-32H,2,6,8H2,(H,29,30)(H,26,27,28). The van der Waals surface area contributed by atoms with Crippen LogP contribution in [0.25, 0.3) is 34.0 Å². The number of phenolic OH excluding ortho intramolecular Hbond substituents is 1. The van der Waals surface area contributed by atoms with Crippen LogP contribution in [0.3, 0.4) is 0 Å². The predicted octanol–water partition coefficient (Wildman–Crippen LogP) is 5.77. The van der Waals surface area contributed by atoms with Crippen LogP contribution in [-0.2, 0) is 0 Å². The fourth-order valence-electron chi connectivity index (χ4n) is 3.17. The Morgan fingerprint density at radius 3 is 2.56 bits per heavy atom. The minimum absolute atomic E-state index is 0.0304. The molecule has 4 rings (SSSR count). The van der Waals surface area contributed by atoms with Gasteiger partial charge < -0.3 is 20.5 Å². The second-order valence-corrected chi connectivity index (χ2v) is 8.60. The molecule has 7 nitrogen and oxygen atoms in total. The van der Waals surface area contributed by atoms with Crippen molar-refractivity contribution in [3.05, 3.63) is 63.2 Å². The average Bonchev–Trinajstić information content (AvgIpc) is 3.18. The molecule has 0 atom stereocenters. The van der Waals surface area contributed by atoms with Gasteiger partial charge in [0, 0.05) is 29.4 Å². The fraction of sp³-hybridized carbons (Fsp3) is 0.136. The summed E-state index contributed by atoms with van der Waals surface area (Å²) < 4.78 is 0.903. The highest BCUT2D eigenvalue weighted by Gasteiger charge is 2.20. The normalized spacial score (nSPS) is 11.0. The first-order valence-electron chi connectivity index (χ1n) is 9.68. The lowest BCUT2D eigenvalue weighted by Crippen LogP contribution is -2.07. The minimum Gasteiger partial charge on any atom is -0.508 e. The molecule has 0 unspecified atom stereocenters. The van der Waals surface area contributed by atoms with Gasteiger partial charge in [-0.2, -0.15) is 0 Å². The van der Waals surface area contributed by atoms with Gasteiger partial charge in [-0.3, -0.25) is 0 Å². The molecule has 32 heavy (non-hydrogen) atoms. The van der Waals surface area contributed by atoms with Gasteiger partial charge in [0.2, 0.25) is 5.95 Å². The zero-order valence-electron chi connectivity index (χ0n) is 16.6. The smallest absolute Gasteiger partial charge is 0.223 e. The Kier molecular flexibility index (Phi) is 6.95. The first-order valence-corrected chi connectivity index (χ1v) is 11.2. The van der Waals surface area contributed by atoms with Crippen molar-refractivity contribution in [1.82, 2.24) is 19.9 Å². The molecule has 0 bridgehead atoms. The monoisotopic (exact) mass is 533 g/mol. The van der Waals surface area contributed by atoms with Crippen LogP contribution >= 0.6 is 39.1 Å². The summed E-state index contributed by atoms with van der Waals surface area (Å²) >= 11 is 16.3. The van der Waals surface area contributed by atoms with E-state index in [9.17, 15) is 5.11 Å². The summed E-state index contributed by atoms with van der Waals surface area (Å²) in [7, 11) is 0. The number of imidazole rings is 1. The van der Waals surface area contributed by atoms with E-state index in [1.54, 1.807) is 12.3 Å². The van der Waals surface area contributed by atoms with E-state index in [1.165, 1.54) is 12.1 Å². The summed E-state index contributed by atoms with van der Waals surface area (Å²) in [6.07, 6.45) is 2.23. The van der Waals surface area contributed by atoms with Gasteiger partial charge in [-0.1, -0.05) is 51.3 Å². The van der Waals surface area contributed by atoms with Crippen LogP contribution in [0.5, 0.6) is 5.75 Å². The molecule has 0 saturated carbocycles. The first-order chi connectivity index (χ1) is 15.5. The second-order valence-electron chi connectivity index (χ2n) is 6.87. The Balaban J connectivity index is 1.86. The van der Waals surface area contributed by atoms with Crippen molar-refractivity contribution < 1.29 is 10.2 Å². The van der Waals surface area contributed by atoms with E-state index < -0.39 is 0 Å². The molecule has 10 heteroatoms. The summed E-state index contributed by atoms with van der Waals surface area (Å²) in [5, 5.41) is 22.4. The van der Waals surface area contributed by atoms with E-state index in [0.29, 0.717) is 47.4 Å². The number of aromatic amines is 1. The number of rotatable bonds is 7. The average molecular weight is 535 g/mol. The number of halogens is 3. The van der Waals surface area contributed by atoms with Crippen molar-refractivity contribution in [2.45, 2.75) is 6.42 Å². The molecule has 4 N–H and O–H groups in total. The number of aromatic nitrogens is 4. The van der Waals surface area contributed by atoms with Gasteiger partial charge in [0.1, 0.15) is 11.6 Å². The number of hydrogen-bond acceptors (Lipinski definition) is 6. The van der Waals surface area contributed by atoms with E-state index in [-0.39, 0.29) is 22.4 Å². The molecule has 4 aromatic rings. The number of H-pyrrole nitrogens is 1. The third-order valence-corrected chi connectivity index (χ3v) is 5.68. The Morgan fingerprint density at radius 2 is 1.84 bits per heavy atom. The lowest BCUT2D eigenvalue weighted by atomic mass is 10.1. The fourth-order valence-corrected chi connectivity index (χ4v) is 4.22. The van der Waals surface area contributed by atoms with Crippen LogP contribution < -0.4 is 5.32 Å². The molecule has 0 amide bonds. The number of nitrogens with zero attached hydrogens (tertiary/aromatic N) is 3. The van der Waals surface area contributed by atoms with E-state index in [1.807, 2.05) is 24.3 Å². The van der Waals surface area contributed by atoms with Crippen LogP contribution in [0, 0.1) is 0 Å². The van der Waals surface area contributed by atoms with Gasteiger partial charge in [0.25, 0.3) is 0 Å². The van der Waals surface area contributed by atoms with Crippen molar-refractivity contribution in [3.63, 3.8) is 0 Å². The van der Waals surface area contributed by atoms with Crippen molar-refractivity contribution in [3.8, 4) is 39.8 Å². The number of benzene rings is 2. The van der Waals surface area contributed by atoms with Gasteiger partial charge in [0.05, 0.1) is 32.7 Å². The lowest BCUT2D eigenvalue weighted by Gasteiger charge is -2.07. The van der Waals surface area contributed by atoms with E-state index in [4.69, 9.17) is 33.3 Å². The summed E-state index contributed by atoms with van der Waals surface area (Å²) in [5.74, 6) is 0.850. The van der Waals surface area contributed by atoms with E-state index in [2.05, 4.69) is 36.2 Å². The van der Waals surface area contributed by atoms with Crippen molar-refractivity contribution >= 4 is 45.1 Å². The van der Waals surface area contributed by atoms with Gasteiger partial charge in [0.15, 0.2) is 0 Å². The van der Waals surface area contributed by atoms with Crippen LogP contribution in [0.1, 0.15) is 6.42 Å². The number of anilines is 1. The molecule has 2 aromatic carbocycles. The van der Waals surface area contributed by atoms with Gasteiger partial charge in [-0.25, -0.2) is 15.0 Å². The summed E-state index contributed by atoms with van der Waals surface area (Å²) in [6, 6.07) is 12.3. The Morgan fingerprint density at radius 1 is 1.06 bits per heavy atom. The number of nitrogens with one attached hydrogen (secondary N) is 2. The lowest BCUT2D eigenvalue weighted by molar-refractivity contribution is 0.292. The molecular weight excluding hydrogens is 517 g/mol. The van der Waals surface area contributed by atoms with E-state index >= 15 is 0 Å². The van der Waals surface area contributed by atoms with Crippen molar-refractivity contribution in [1.29, 1.82) is 0 Å². The molecule has 0 aliphatic heterocycles. The molecule has 0 saturated heterocycles. The highest BCUT2D eigenvalue weighted by atomic mass is 79.9. The van der Waals surface area contributed by atoms with Crippen LogP contribution in [-0.4, -0.2) is 43.3 Å². The Labute approximate surface area is 202 Å². The zero-order chi connectivity index (χ0) is 22.7. The molecular formula is C22H18BrCl2N5O2. The Bertz CT molecular complexity index is 1240. The summed E-state index contributed by atoms with van der Waals surface area (Å²) in [6.45, 7) is 0.628. The summed E-state index contributed by atoms with van der Waals surface area (Å²) in [5.41, 5.74) is 3.26. The quantitative estimate of drug-likeness (QED) is 0.224. The van der Waals surface area contributed by atoms with Crippen molar-refractivity contribution in [2.75, 3.05) is 18.5 Å². The van der Waals surface area contributed by atoms with Gasteiger partial charge >= 0.3 is 0 Å². The molecule has 0 aliphatic carbocycles. The largest absolute Gasteiger partial charge is 0.508 e. The number of aliphatic hydroxyl groups is 1. The SMILES string of the molecule is OCCCNc1nccc(-c2[nH]c(-c3c(Cl)cc(O)cc3Cl)nc2-c2cccc(Br)c2)n1. The number of aromatic hydroxyl groups is 1. The third kappa shape index (κ3) is 4.88. The maximum atomic E-state index is 9.79.